The minimum Gasteiger partial charge on any atom is -0.471 e. The van der Waals surface area contributed by atoms with E-state index in [1.54, 1.807) is 0 Å². The predicted octanol–water partition coefficient (Wildman–Crippen LogP) is 3.45. The summed E-state index contributed by atoms with van der Waals surface area (Å²) < 4.78 is 5.54. The lowest BCUT2D eigenvalue weighted by Crippen LogP contribution is -2.51. The highest BCUT2D eigenvalue weighted by molar-refractivity contribution is 5.85. The number of nitrogens with one attached hydrogen (secondary N) is 3. The Morgan fingerprint density at radius 1 is 1.11 bits per heavy atom. The molecule has 1 atom stereocenters. The molecule has 27 heavy (non-hydrogen) atoms. The summed E-state index contributed by atoms with van der Waals surface area (Å²) in [5, 5.41) is 6.69. The highest BCUT2D eigenvalue weighted by Gasteiger charge is 2.49. The number of hydrogen-bond donors (Lipinski definition) is 3. The number of allylic oxidation sites excluding steroid dienone is 1. The van der Waals surface area contributed by atoms with Crippen LogP contribution < -0.4 is 25.8 Å². The molecule has 3 N–H and O–H groups in total. The zero-order chi connectivity index (χ0) is 18.6. The Labute approximate surface area is 157 Å². The number of benzene rings is 2. The largest absolute Gasteiger partial charge is 0.471 e. The monoisotopic (exact) mass is 363 g/mol. The van der Waals surface area contributed by atoms with Crippen molar-refractivity contribution < 1.29 is 9.57 Å². The van der Waals surface area contributed by atoms with E-state index in [4.69, 9.17) is 14.6 Å². The number of hydroxylamine groups is 1. The minimum absolute atomic E-state index is 0.485. The maximum Gasteiger partial charge on any atom is 0.351 e. The zero-order valence-corrected chi connectivity index (χ0v) is 15.5. The molecule has 0 amide bonds. The van der Waals surface area contributed by atoms with Gasteiger partial charge in [0.1, 0.15) is 11.6 Å². The number of nitrogens with zero attached hydrogens (tertiary/aromatic N) is 2. The first-order valence-corrected chi connectivity index (χ1v) is 8.92. The van der Waals surface area contributed by atoms with Crippen molar-refractivity contribution in [1.29, 1.82) is 0 Å². The topological polar surface area (TPSA) is 70.2 Å². The van der Waals surface area contributed by atoms with Gasteiger partial charge in [0, 0.05) is 17.5 Å². The second-order valence-corrected chi connectivity index (χ2v) is 7.08. The molecular formula is C20H21N5O2. The van der Waals surface area contributed by atoms with Gasteiger partial charge in [0.05, 0.1) is 11.4 Å². The molecule has 2 aromatic carbocycles. The molecule has 3 heterocycles. The number of anilines is 3. The van der Waals surface area contributed by atoms with Crippen molar-refractivity contribution in [1.82, 2.24) is 5.48 Å². The van der Waals surface area contributed by atoms with Gasteiger partial charge in [0.25, 0.3) is 0 Å². The molecule has 0 aromatic heterocycles. The fourth-order valence-electron chi connectivity index (χ4n) is 3.71. The fraction of sp³-hybridized carbons (Fsp3) is 0.250. The lowest BCUT2D eigenvalue weighted by molar-refractivity contribution is -0.0214. The number of fused-ring (bicyclic) bond motifs is 3. The van der Waals surface area contributed by atoms with Gasteiger partial charge >= 0.3 is 5.97 Å². The van der Waals surface area contributed by atoms with Gasteiger partial charge in [0.2, 0.25) is 0 Å². The van der Waals surface area contributed by atoms with E-state index in [2.05, 4.69) is 48.2 Å². The van der Waals surface area contributed by atoms with E-state index in [0.717, 1.165) is 34.2 Å². The number of hydrogen-bond acceptors (Lipinski definition) is 7. The molecule has 7 heteroatoms. The number of aliphatic imine (C=N–C) groups is 1. The molecule has 3 aliphatic rings. The number of aryl methyl sites for hydroxylation is 2. The highest BCUT2D eigenvalue weighted by atomic mass is 16.7. The molecule has 2 aromatic rings. The van der Waals surface area contributed by atoms with Crippen molar-refractivity contribution in [2.24, 2.45) is 4.99 Å². The van der Waals surface area contributed by atoms with Crippen LogP contribution in [0.15, 0.2) is 52.8 Å². The summed E-state index contributed by atoms with van der Waals surface area (Å²) in [5.74, 6) is 0.617. The summed E-state index contributed by atoms with van der Waals surface area (Å²) in [5.41, 5.74) is 9.24. The third kappa shape index (κ3) is 2.50. The summed E-state index contributed by atoms with van der Waals surface area (Å²) in [7, 11) is 0. The maximum absolute atomic E-state index is 5.96. The van der Waals surface area contributed by atoms with Crippen LogP contribution in [0.4, 0.5) is 17.1 Å². The van der Waals surface area contributed by atoms with Gasteiger partial charge in [-0.1, -0.05) is 6.07 Å². The van der Waals surface area contributed by atoms with Crippen LogP contribution in [0.2, 0.25) is 0 Å². The molecule has 0 aliphatic carbocycles. The van der Waals surface area contributed by atoms with E-state index in [1.165, 1.54) is 11.1 Å². The highest BCUT2D eigenvalue weighted by Crippen LogP contribution is 2.42. The first-order valence-electron chi connectivity index (χ1n) is 8.92. The number of rotatable bonds is 3. The van der Waals surface area contributed by atoms with E-state index in [9.17, 15) is 0 Å². The van der Waals surface area contributed by atoms with Crippen LogP contribution in [0.25, 0.3) is 0 Å². The van der Waals surface area contributed by atoms with Crippen molar-refractivity contribution in [2.75, 3.05) is 22.3 Å². The van der Waals surface area contributed by atoms with E-state index >= 15 is 0 Å². The first-order chi connectivity index (χ1) is 13.0. The summed E-state index contributed by atoms with van der Waals surface area (Å²) in [6.07, 6.45) is 1.83. The van der Waals surface area contributed by atoms with Gasteiger partial charge in [-0.05, 0) is 62.2 Å². The molecule has 1 fully saturated rings. The second kappa shape index (κ2) is 5.65. The Morgan fingerprint density at radius 3 is 2.74 bits per heavy atom. The van der Waals surface area contributed by atoms with Crippen molar-refractivity contribution in [2.45, 2.75) is 26.7 Å². The Morgan fingerprint density at radius 2 is 1.93 bits per heavy atom. The van der Waals surface area contributed by atoms with Crippen LogP contribution in [0.1, 0.15) is 18.1 Å². The van der Waals surface area contributed by atoms with Crippen molar-refractivity contribution in [3.05, 3.63) is 58.9 Å². The minimum atomic E-state index is -1.09. The normalized spacial score (nSPS) is 22.3. The van der Waals surface area contributed by atoms with Crippen molar-refractivity contribution >= 4 is 23.3 Å². The zero-order valence-electron chi connectivity index (χ0n) is 15.5. The Hall–Kier alpha value is -3.19. The Kier molecular flexibility index (Phi) is 3.35. The van der Waals surface area contributed by atoms with E-state index in [0.29, 0.717) is 6.73 Å². The number of ether oxygens (including phenoxy) is 1. The molecule has 0 spiro atoms. The molecule has 138 valence electrons. The van der Waals surface area contributed by atoms with Crippen LogP contribution in [-0.2, 0) is 4.84 Å². The van der Waals surface area contributed by atoms with Crippen LogP contribution in [0.5, 0.6) is 5.75 Å². The van der Waals surface area contributed by atoms with E-state index in [-0.39, 0.29) is 0 Å². The van der Waals surface area contributed by atoms with Crippen molar-refractivity contribution in [3.63, 3.8) is 0 Å². The third-order valence-electron chi connectivity index (χ3n) is 4.86. The molecule has 1 saturated heterocycles. The van der Waals surface area contributed by atoms with Gasteiger partial charge in [-0.2, -0.15) is 0 Å². The molecular weight excluding hydrogens is 342 g/mol. The smallest absolute Gasteiger partial charge is 0.351 e. The molecule has 0 saturated carbocycles. The van der Waals surface area contributed by atoms with Crippen molar-refractivity contribution in [3.8, 4) is 5.75 Å². The molecule has 0 radical (unpaired) electrons. The molecule has 5 rings (SSSR count). The SMILES string of the molecule is CC1=C2NOC(Nc3cc(C)cc(C)c3)(N=C1)N2c1ccc2c(c1)NCO2. The van der Waals surface area contributed by atoms with E-state index < -0.39 is 5.97 Å². The molecule has 2 bridgehead atoms. The molecule has 7 nitrogen and oxygen atoms in total. The quantitative estimate of drug-likeness (QED) is 0.776. The van der Waals surface area contributed by atoms with Crippen LogP contribution >= 0.6 is 0 Å². The average molecular weight is 363 g/mol. The summed E-state index contributed by atoms with van der Waals surface area (Å²) in [6.45, 7) is 6.64. The lowest BCUT2D eigenvalue weighted by Gasteiger charge is -2.36. The van der Waals surface area contributed by atoms with Gasteiger partial charge in [0.15, 0.2) is 6.73 Å². The van der Waals surface area contributed by atoms with E-state index in [1.807, 2.05) is 36.2 Å². The second-order valence-electron chi connectivity index (χ2n) is 7.08. The van der Waals surface area contributed by atoms with Crippen LogP contribution in [-0.4, -0.2) is 18.9 Å². The van der Waals surface area contributed by atoms with Crippen LogP contribution in [0, 0.1) is 13.8 Å². The Balaban J connectivity index is 1.58. The Bertz CT molecular complexity index is 980. The van der Waals surface area contributed by atoms with Gasteiger partial charge in [-0.15, -0.1) is 0 Å². The summed E-state index contributed by atoms with van der Waals surface area (Å²) in [6, 6.07) is 12.3. The fourth-order valence-corrected chi connectivity index (χ4v) is 3.71. The standard InChI is InChI=1S/C20H21N5O2/c1-12-6-13(2)8-15(7-12)23-20-22-10-14(3)19(24-27-20)25(20)16-4-5-18-17(9-16)21-11-26-18/h4-10,21,23-24H,11H2,1-3H3. The lowest BCUT2D eigenvalue weighted by atomic mass is 10.1. The van der Waals surface area contributed by atoms with Crippen LogP contribution in [0.3, 0.4) is 0 Å². The van der Waals surface area contributed by atoms with Gasteiger partial charge in [-0.25, -0.2) is 15.3 Å². The molecule has 1 unspecified atom stereocenters. The average Bonchev–Trinajstić information content (AvgIpc) is 3.19. The molecule has 3 aliphatic heterocycles. The van der Waals surface area contributed by atoms with Gasteiger partial charge in [-0.3, -0.25) is 4.90 Å². The maximum atomic E-state index is 5.96. The first kappa shape index (κ1) is 16.0. The van der Waals surface area contributed by atoms with Gasteiger partial charge < -0.3 is 15.4 Å². The third-order valence-corrected chi connectivity index (χ3v) is 4.86. The summed E-state index contributed by atoms with van der Waals surface area (Å²) >= 11 is 0. The predicted molar refractivity (Wildman–Crippen MR) is 106 cm³/mol. The summed E-state index contributed by atoms with van der Waals surface area (Å²) in [4.78, 5) is 12.7.